The molecule has 0 bridgehead atoms. The summed E-state index contributed by atoms with van der Waals surface area (Å²) in [5, 5.41) is 0. The average molecular weight is 564 g/mol. The van der Waals surface area contributed by atoms with Crippen molar-refractivity contribution in [3.8, 4) is 11.5 Å². The molecule has 0 fully saturated rings. The van der Waals surface area contributed by atoms with Crippen molar-refractivity contribution in [2.75, 3.05) is 0 Å². The molecule has 0 spiro atoms. The molecule has 226 valence electrons. The molecule has 0 saturated carbocycles. The van der Waals surface area contributed by atoms with Crippen LogP contribution in [0.2, 0.25) is 0 Å². The van der Waals surface area contributed by atoms with Crippen molar-refractivity contribution in [3.63, 3.8) is 0 Å². The molecular weight excluding hydrogens is 514 g/mol. The maximum atomic E-state index is 12.7. The third kappa shape index (κ3) is 13.4. The first-order valence-corrected chi connectivity index (χ1v) is 14.0. The summed E-state index contributed by atoms with van der Waals surface area (Å²) in [5.41, 5.74) is 6.13. The molecule has 0 saturated heterocycles. The first-order valence-electron chi connectivity index (χ1n) is 14.0. The highest BCUT2D eigenvalue weighted by molar-refractivity contribution is 5.78. The lowest BCUT2D eigenvalue weighted by molar-refractivity contribution is -0.168. The van der Waals surface area contributed by atoms with Gasteiger partial charge in [0.2, 0.25) is 0 Å². The van der Waals surface area contributed by atoms with E-state index in [9.17, 15) is 19.2 Å². The number of hydrogen-bond donors (Lipinski definition) is 1. The van der Waals surface area contributed by atoms with Crippen LogP contribution in [0.3, 0.4) is 0 Å². The summed E-state index contributed by atoms with van der Waals surface area (Å²) < 4.78 is 22.0. The molecule has 40 heavy (non-hydrogen) atoms. The number of carbonyl (C=O) groups is 4. The van der Waals surface area contributed by atoms with Crippen LogP contribution >= 0.6 is 0 Å². The van der Waals surface area contributed by atoms with E-state index in [4.69, 9.17) is 24.7 Å². The van der Waals surface area contributed by atoms with Gasteiger partial charge in [0.1, 0.15) is 18.2 Å². The first-order chi connectivity index (χ1) is 18.3. The minimum absolute atomic E-state index is 0.0738. The molecule has 0 aromatic heterocycles. The molecule has 0 aliphatic carbocycles. The fraction of sp³-hybridized carbons (Fsp3) is 0.677. The fourth-order valence-corrected chi connectivity index (χ4v) is 3.68. The minimum Gasteiger partial charge on any atom is -0.459 e. The largest absolute Gasteiger partial charge is 0.459 e. The van der Waals surface area contributed by atoms with Crippen LogP contribution < -0.4 is 15.2 Å². The van der Waals surface area contributed by atoms with Gasteiger partial charge < -0.3 is 24.7 Å². The Balaban J connectivity index is 2.98. The van der Waals surface area contributed by atoms with Gasteiger partial charge in [-0.3, -0.25) is 19.2 Å². The summed E-state index contributed by atoms with van der Waals surface area (Å²) in [7, 11) is 0. The van der Waals surface area contributed by atoms with Crippen molar-refractivity contribution in [3.05, 3.63) is 23.8 Å². The van der Waals surface area contributed by atoms with E-state index in [0.717, 1.165) is 6.42 Å². The van der Waals surface area contributed by atoms with E-state index in [2.05, 4.69) is 0 Å². The molecule has 2 N–H and O–H groups in total. The third-order valence-corrected chi connectivity index (χ3v) is 5.95. The molecule has 1 rings (SSSR count). The van der Waals surface area contributed by atoms with Crippen LogP contribution in [0.4, 0.5) is 0 Å². The standard InChI is InChI=1S/C31H49NO8/c1-11-12-19(2)28(35)37-20(3)21(4)38-29(36)23(32)15-22-13-14-24(39-26(33)17-30(5,6)7)25(16-22)40-27(34)18-31(8,9)10/h13-14,16,19-21,23H,11-12,15,17-18,32H2,1-10H3/t19?,20-,21-,23-/m0/s1. The summed E-state index contributed by atoms with van der Waals surface area (Å²) in [6.07, 6.45) is 0.635. The maximum absolute atomic E-state index is 12.7. The molecule has 0 amide bonds. The highest BCUT2D eigenvalue weighted by atomic mass is 16.6. The number of hydrogen-bond acceptors (Lipinski definition) is 9. The van der Waals surface area contributed by atoms with Crippen molar-refractivity contribution in [2.24, 2.45) is 22.5 Å². The molecular formula is C31H49NO8. The van der Waals surface area contributed by atoms with Gasteiger partial charge in [-0.25, -0.2) is 0 Å². The van der Waals surface area contributed by atoms with Crippen LogP contribution in [0.15, 0.2) is 18.2 Å². The molecule has 0 aliphatic rings. The Kier molecular flexibility index (Phi) is 13.3. The van der Waals surface area contributed by atoms with Crippen LogP contribution in [0, 0.1) is 16.7 Å². The van der Waals surface area contributed by atoms with Crippen LogP contribution in [0.5, 0.6) is 11.5 Å². The maximum Gasteiger partial charge on any atom is 0.323 e. The summed E-state index contributed by atoms with van der Waals surface area (Å²) in [6.45, 7) is 18.6. The van der Waals surface area contributed by atoms with E-state index in [-0.39, 0.29) is 53.5 Å². The zero-order chi connectivity index (χ0) is 30.8. The van der Waals surface area contributed by atoms with E-state index in [1.807, 2.05) is 48.5 Å². The van der Waals surface area contributed by atoms with Crippen LogP contribution in [0.25, 0.3) is 0 Å². The average Bonchev–Trinajstić information content (AvgIpc) is 2.78. The van der Waals surface area contributed by atoms with Gasteiger partial charge in [-0.2, -0.15) is 0 Å². The molecule has 4 atom stereocenters. The van der Waals surface area contributed by atoms with E-state index in [1.165, 1.54) is 12.1 Å². The third-order valence-electron chi connectivity index (χ3n) is 5.95. The summed E-state index contributed by atoms with van der Waals surface area (Å²) >= 11 is 0. The number of ether oxygens (including phenoxy) is 4. The predicted molar refractivity (Wildman–Crippen MR) is 153 cm³/mol. The zero-order valence-electron chi connectivity index (χ0n) is 25.9. The van der Waals surface area contributed by atoms with Crippen LogP contribution in [-0.2, 0) is 35.1 Å². The summed E-state index contributed by atoms with van der Waals surface area (Å²) in [5.74, 6) is -1.99. The van der Waals surface area contributed by atoms with Crippen molar-refractivity contribution in [2.45, 2.75) is 120 Å². The van der Waals surface area contributed by atoms with Gasteiger partial charge in [0, 0.05) is 0 Å². The van der Waals surface area contributed by atoms with Gasteiger partial charge in [-0.15, -0.1) is 0 Å². The smallest absolute Gasteiger partial charge is 0.323 e. The Morgan fingerprint density at radius 1 is 0.775 bits per heavy atom. The number of rotatable bonds is 13. The Hall–Kier alpha value is -2.94. The normalized spacial score (nSPS) is 14.9. The molecule has 1 unspecified atom stereocenters. The lowest BCUT2D eigenvalue weighted by Crippen LogP contribution is -2.40. The molecule has 1 aromatic carbocycles. The fourth-order valence-electron chi connectivity index (χ4n) is 3.68. The quantitative estimate of drug-likeness (QED) is 0.243. The van der Waals surface area contributed by atoms with Gasteiger partial charge >= 0.3 is 23.9 Å². The number of benzene rings is 1. The van der Waals surface area contributed by atoms with Crippen molar-refractivity contribution >= 4 is 23.9 Å². The van der Waals surface area contributed by atoms with Crippen LogP contribution in [-0.4, -0.2) is 42.1 Å². The first kappa shape index (κ1) is 35.1. The van der Waals surface area contributed by atoms with E-state index >= 15 is 0 Å². The summed E-state index contributed by atoms with van der Waals surface area (Å²) in [6, 6.07) is 3.68. The topological polar surface area (TPSA) is 131 Å². The van der Waals surface area contributed by atoms with E-state index in [0.29, 0.717) is 12.0 Å². The molecule has 0 radical (unpaired) electrons. The number of carbonyl (C=O) groups excluding carboxylic acids is 4. The van der Waals surface area contributed by atoms with Gasteiger partial charge in [0.15, 0.2) is 11.5 Å². The Bertz CT molecular complexity index is 1020. The highest BCUT2D eigenvalue weighted by Crippen LogP contribution is 2.32. The van der Waals surface area contributed by atoms with E-state index < -0.39 is 36.2 Å². The van der Waals surface area contributed by atoms with Crippen molar-refractivity contribution in [1.82, 2.24) is 0 Å². The second kappa shape index (κ2) is 15.2. The Labute approximate surface area is 239 Å². The van der Waals surface area contributed by atoms with Crippen molar-refractivity contribution in [1.29, 1.82) is 0 Å². The number of nitrogens with two attached hydrogens (primary N) is 1. The van der Waals surface area contributed by atoms with Gasteiger partial charge in [0.05, 0.1) is 18.8 Å². The Morgan fingerprint density at radius 3 is 1.73 bits per heavy atom. The lowest BCUT2D eigenvalue weighted by atomic mass is 9.92. The molecule has 9 nitrogen and oxygen atoms in total. The summed E-state index contributed by atoms with van der Waals surface area (Å²) in [4.78, 5) is 50.0. The van der Waals surface area contributed by atoms with Gasteiger partial charge in [-0.05, 0) is 55.2 Å². The lowest BCUT2D eigenvalue weighted by Gasteiger charge is -2.24. The second-order valence-electron chi connectivity index (χ2n) is 13.0. The second-order valence-corrected chi connectivity index (χ2v) is 13.0. The zero-order valence-corrected chi connectivity index (χ0v) is 25.9. The van der Waals surface area contributed by atoms with E-state index in [1.54, 1.807) is 26.8 Å². The SMILES string of the molecule is CCCC(C)C(=O)O[C@@H](C)[C@H](C)OC(=O)[C@@H](N)Cc1ccc(OC(=O)CC(C)(C)C)c(OC(=O)CC(C)(C)C)c1. The molecule has 0 heterocycles. The molecule has 0 aliphatic heterocycles. The molecule has 1 aromatic rings. The van der Waals surface area contributed by atoms with Gasteiger partial charge in [0.25, 0.3) is 0 Å². The Morgan fingerprint density at radius 2 is 1.25 bits per heavy atom. The number of esters is 4. The minimum atomic E-state index is -1.03. The van der Waals surface area contributed by atoms with Crippen LogP contribution in [0.1, 0.15) is 100 Å². The predicted octanol–water partition coefficient (Wildman–Crippen LogP) is 5.54. The molecule has 9 heteroatoms. The monoisotopic (exact) mass is 563 g/mol. The highest BCUT2D eigenvalue weighted by Gasteiger charge is 2.27. The van der Waals surface area contributed by atoms with Gasteiger partial charge in [-0.1, -0.05) is 67.9 Å². The van der Waals surface area contributed by atoms with Crippen molar-refractivity contribution < 1.29 is 38.1 Å².